The lowest BCUT2D eigenvalue weighted by Crippen LogP contribution is -2.05. The Morgan fingerprint density at radius 3 is 2.57 bits per heavy atom. The van der Waals surface area contributed by atoms with Gasteiger partial charge in [-0.15, -0.1) is 0 Å². The first-order valence-electron chi connectivity index (χ1n) is 6.24. The molecule has 108 valence electrons. The van der Waals surface area contributed by atoms with E-state index in [2.05, 4.69) is 10.3 Å². The van der Waals surface area contributed by atoms with Crippen LogP contribution in [0.5, 0.6) is 0 Å². The quantitative estimate of drug-likeness (QED) is 0.688. The van der Waals surface area contributed by atoms with Crippen molar-refractivity contribution in [1.82, 2.24) is 4.98 Å². The average molecular weight is 308 g/mol. The van der Waals surface area contributed by atoms with Crippen LogP contribution in [0.3, 0.4) is 0 Å². The van der Waals surface area contributed by atoms with Gasteiger partial charge in [-0.25, -0.2) is 4.98 Å². The lowest BCUT2D eigenvalue weighted by Gasteiger charge is -2.08. The second-order valence-corrected chi connectivity index (χ2v) is 5.67. The maximum absolute atomic E-state index is 12.7. The van der Waals surface area contributed by atoms with E-state index in [4.69, 9.17) is 0 Å². The first-order chi connectivity index (χ1) is 9.93. The number of para-hydroxylation sites is 1. The number of rotatable bonds is 2. The molecule has 1 N–H and O–H groups in total. The summed E-state index contributed by atoms with van der Waals surface area (Å²) in [6.45, 7) is 1.95. The van der Waals surface area contributed by atoms with Gasteiger partial charge in [0, 0.05) is 5.69 Å². The minimum absolute atomic E-state index is 0.376. The minimum Gasteiger partial charge on any atom is -0.332 e. The van der Waals surface area contributed by atoms with E-state index in [9.17, 15) is 13.2 Å². The van der Waals surface area contributed by atoms with Crippen molar-refractivity contribution in [2.45, 2.75) is 13.1 Å². The van der Waals surface area contributed by atoms with Crippen molar-refractivity contribution in [2.24, 2.45) is 0 Å². The molecule has 0 aliphatic rings. The highest BCUT2D eigenvalue weighted by Crippen LogP contribution is 2.33. The summed E-state index contributed by atoms with van der Waals surface area (Å²) >= 11 is 1.42. The van der Waals surface area contributed by atoms with Crippen LogP contribution in [0.25, 0.3) is 10.2 Å². The Bertz CT molecular complexity index is 793. The van der Waals surface area contributed by atoms with E-state index in [1.54, 1.807) is 6.07 Å². The van der Waals surface area contributed by atoms with E-state index >= 15 is 0 Å². The van der Waals surface area contributed by atoms with E-state index in [1.807, 2.05) is 25.1 Å². The third-order valence-corrected chi connectivity index (χ3v) is 4.00. The zero-order chi connectivity index (χ0) is 15.0. The Morgan fingerprint density at radius 1 is 1.10 bits per heavy atom. The van der Waals surface area contributed by atoms with Gasteiger partial charge in [0.2, 0.25) is 0 Å². The number of alkyl halides is 3. The smallest absolute Gasteiger partial charge is 0.332 e. The average Bonchev–Trinajstić information content (AvgIpc) is 2.82. The molecule has 3 aromatic rings. The summed E-state index contributed by atoms with van der Waals surface area (Å²) in [5.74, 6) is 0. The van der Waals surface area contributed by atoms with Crippen molar-refractivity contribution in [1.29, 1.82) is 0 Å². The van der Waals surface area contributed by atoms with Gasteiger partial charge in [-0.2, -0.15) is 13.2 Å². The highest BCUT2D eigenvalue weighted by Gasteiger charge is 2.30. The Hall–Kier alpha value is -2.08. The predicted octanol–water partition coefficient (Wildman–Crippen LogP) is 5.37. The summed E-state index contributed by atoms with van der Waals surface area (Å²) in [7, 11) is 0. The summed E-state index contributed by atoms with van der Waals surface area (Å²) in [5, 5.41) is 3.52. The first kappa shape index (κ1) is 13.9. The molecule has 0 radical (unpaired) electrons. The molecular weight excluding hydrogens is 297 g/mol. The molecule has 1 heterocycles. The van der Waals surface area contributed by atoms with E-state index in [0.29, 0.717) is 10.8 Å². The normalized spacial score (nSPS) is 11.8. The van der Waals surface area contributed by atoms with Crippen LogP contribution in [-0.2, 0) is 6.18 Å². The second-order valence-electron chi connectivity index (χ2n) is 4.64. The number of fused-ring (bicyclic) bond motifs is 1. The molecule has 6 heteroatoms. The third kappa shape index (κ3) is 2.85. The van der Waals surface area contributed by atoms with E-state index < -0.39 is 11.7 Å². The standard InChI is InChI=1S/C15H11F3N2S/c1-9-4-2-7-12-13(9)20-14(21-12)19-11-6-3-5-10(8-11)15(16,17)18/h2-8H,1H3,(H,19,20). The van der Waals surface area contributed by atoms with Gasteiger partial charge in [-0.05, 0) is 36.8 Å². The van der Waals surface area contributed by atoms with Crippen molar-refractivity contribution < 1.29 is 13.2 Å². The van der Waals surface area contributed by atoms with Crippen molar-refractivity contribution in [3.8, 4) is 0 Å². The monoisotopic (exact) mass is 308 g/mol. The number of hydrogen-bond acceptors (Lipinski definition) is 3. The van der Waals surface area contributed by atoms with Gasteiger partial charge in [0.25, 0.3) is 0 Å². The van der Waals surface area contributed by atoms with Crippen molar-refractivity contribution in [2.75, 3.05) is 5.32 Å². The van der Waals surface area contributed by atoms with E-state index in [0.717, 1.165) is 27.9 Å². The van der Waals surface area contributed by atoms with Crippen LogP contribution in [0.2, 0.25) is 0 Å². The topological polar surface area (TPSA) is 24.9 Å². The van der Waals surface area contributed by atoms with Gasteiger partial charge in [-0.3, -0.25) is 0 Å². The molecule has 0 bridgehead atoms. The number of aromatic nitrogens is 1. The van der Waals surface area contributed by atoms with Gasteiger partial charge >= 0.3 is 6.18 Å². The van der Waals surface area contributed by atoms with Crippen LogP contribution in [0.4, 0.5) is 24.0 Å². The molecule has 1 aromatic heterocycles. The fourth-order valence-electron chi connectivity index (χ4n) is 2.04. The molecule has 0 amide bonds. The zero-order valence-electron chi connectivity index (χ0n) is 11.0. The molecule has 3 rings (SSSR count). The van der Waals surface area contributed by atoms with Gasteiger partial charge < -0.3 is 5.32 Å². The number of hydrogen-bond donors (Lipinski definition) is 1. The number of nitrogens with zero attached hydrogens (tertiary/aromatic N) is 1. The molecule has 0 aliphatic carbocycles. The van der Waals surface area contributed by atoms with Gasteiger partial charge in [0.15, 0.2) is 5.13 Å². The molecule has 0 saturated heterocycles. The van der Waals surface area contributed by atoms with E-state index in [-0.39, 0.29) is 0 Å². The van der Waals surface area contributed by atoms with Crippen molar-refractivity contribution >= 4 is 32.4 Å². The molecule has 0 aliphatic heterocycles. The summed E-state index contributed by atoms with van der Waals surface area (Å²) in [6, 6.07) is 10.9. The molecule has 0 spiro atoms. The van der Waals surface area contributed by atoms with Crippen LogP contribution in [-0.4, -0.2) is 4.98 Å². The second kappa shape index (κ2) is 5.04. The minimum atomic E-state index is -4.35. The molecule has 0 atom stereocenters. The Kier molecular flexibility index (Phi) is 3.33. The molecule has 2 aromatic carbocycles. The summed E-state index contributed by atoms with van der Waals surface area (Å²) in [4.78, 5) is 4.43. The molecule has 0 fully saturated rings. The highest BCUT2D eigenvalue weighted by atomic mass is 32.1. The summed E-state index contributed by atoms with van der Waals surface area (Å²) < 4.78 is 39.1. The van der Waals surface area contributed by atoms with Crippen LogP contribution in [0.1, 0.15) is 11.1 Å². The molecule has 0 saturated carbocycles. The number of halogens is 3. The number of aryl methyl sites for hydroxylation is 1. The molecule has 2 nitrogen and oxygen atoms in total. The summed E-state index contributed by atoms with van der Waals surface area (Å²) in [6.07, 6.45) is -4.35. The SMILES string of the molecule is Cc1cccc2sc(Nc3cccc(C(F)(F)F)c3)nc12. The maximum Gasteiger partial charge on any atom is 0.416 e. The van der Waals surface area contributed by atoms with Crippen molar-refractivity contribution in [3.05, 3.63) is 53.6 Å². The fraction of sp³-hybridized carbons (Fsp3) is 0.133. The Morgan fingerprint density at radius 2 is 1.86 bits per heavy atom. The van der Waals surface area contributed by atoms with E-state index in [1.165, 1.54) is 17.4 Å². The maximum atomic E-state index is 12.7. The van der Waals surface area contributed by atoms with Crippen LogP contribution < -0.4 is 5.32 Å². The zero-order valence-corrected chi connectivity index (χ0v) is 11.8. The summed E-state index contributed by atoms with van der Waals surface area (Å²) in [5.41, 5.74) is 1.61. The number of benzene rings is 2. The van der Waals surface area contributed by atoms with Gasteiger partial charge in [-0.1, -0.05) is 29.5 Å². The Balaban J connectivity index is 1.93. The molecular formula is C15H11F3N2S. The lowest BCUT2D eigenvalue weighted by atomic mass is 10.2. The predicted molar refractivity (Wildman–Crippen MR) is 79.1 cm³/mol. The van der Waals surface area contributed by atoms with Gasteiger partial charge in [0.1, 0.15) is 0 Å². The third-order valence-electron chi connectivity index (χ3n) is 3.06. The van der Waals surface area contributed by atoms with Crippen molar-refractivity contribution in [3.63, 3.8) is 0 Å². The highest BCUT2D eigenvalue weighted by molar-refractivity contribution is 7.22. The van der Waals surface area contributed by atoms with Crippen LogP contribution in [0, 0.1) is 6.92 Å². The number of anilines is 2. The largest absolute Gasteiger partial charge is 0.416 e. The lowest BCUT2D eigenvalue weighted by molar-refractivity contribution is -0.137. The number of nitrogens with one attached hydrogen (secondary N) is 1. The fourth-order valence-corrected chi connectivity index (χ4v) is 3.00. The number of thiazole rings is 1. The first-order valence-corrected chi connectivity index (χ1v) is 7.05. The molecule has 21 heavy (non-hydrogen) atoms. The van der Waals surface area contributed by atoms with Crippen LogP contribution in [0.15, 0.2) is 42.5 Å². The van der Waals surface area contributed by atoms with Crippen LogP contribution >= 0.6 is 11.3 Å². The Labute approximate surface area is 123 Å². The van der Waals surface area contributed by atoms with Gasteiger partial charge in [0.05, 0.1) is 15.8 Å². The molecule has 0 unspecified atom stereocenters.